The summed E-state index contributed by atoms with van der Waals surface area (Å²) in [4.78, 5) is 30.9. The van der Waals surface area contributed by atoms with Crippen molar-refractivity contribution in [2.75, 3.05) is 33.2 Å². The predicted octanol–water partition coefficient (Wildman–Crippen LogP) is 8.96. The average molecular weight is 758 g/mol. The van der Waals surface area contributed by atoms with Gasteiger partial charge < -0.3 is 19.1 Å². The number of hydrogen-bond donors (Lipinski definition) is 0. The number of ether oxygens (including phenoxy) is 1. The van der Waals surface area contributed by atoms with E-state index >= 15 is 4.79 Å². The molecule has 5 aromatic rings. The summed E-state index contributed by atoms with van der Waals surface area (Å²) in [6, 6.07) is 18.2. The van der Waals surface area contributed by atoms with Gasteiger partial charge in [-0.15, -0.1) is 11.8 Å². The van der Waals surface area contributed by atoms with Gasteiger partial charge in [0.1, 0.15) is 6.50 Å². The zero-order valence-electron chi connectivity index (χ0n) is 36.4. The molecule has 1 atom stereocenters. The molecule has 6 rings (SSSR count). The van der Waals surface area contributed by atoms with Crippen LogP contribution in [0.2, 0.25) is 0 Å². The summed E-state index contributed by atoms with van der Waals surface area (Å²) in [6.07, 6.45) is -4.54. The van der Waals surface area contributed by atoms with E-state index in [0.717, 1.165) is 45.5 Å². The smallest absolute Gasteiger partial charge is 0.383 e. The summed E-state index contributed by atoms with van der Waals surface area (Å²) in [5, 5.41) is -0.0511. The SMILES string of the molecule is [2H]C([2H])([2H])OCC([2H])([2H])N1CCC(N(C(=O)C([2H])([2H])n2c(SCc3cccc(F)c3F)cc(=O)c3ccccc32)C([2H])(C)c2ccc(-c3ccc(C(F)(F)F)cc3)cc2)CC1. The minimum Gasteiger partial charge on any atom is -0.383 e. The van der Waals surface area contributed by atoms with Gasteiger partial charge >= 0.3 is 6.18 Å². The van der Waals surface area contributed by atoms with E-state index in [1.165, 1.54) is 66.4 Å². The molecule has 0 radical (unpaired) electrons. The molecule has 6 nitrogen and oxygen atoms in total. The molecule has 1 fully saturated rings. The third-order valence-electron chi connectivity index (χ3n) is 9.12. The van der Waals surface area contributed by atoms with Gasteiger partial charge in [-0.25, -0.2) is 8.78 Å². The number of amides is 1. The lowest BCUT2D eigenvalue weighted by molar-refractivity contribution is -0.138. The number of hydrogen-bond acceptors (Lipinski definition) is 5. The molecule has 1 aliphatic rings. The van der Waals surface area contributed by atoms with Gasteiger partial charge in [-0.2, -0.15) is 13.2 Å². The lowest BCUT2D eigenvalue weighted by Gasteiger charge is -2.42. The highest BCUT2D eigenvalue weighted by Gasteiger charge is 2.33. The number of thioether (sulfide) groups is 1. The molecule has 1 unspecified atom stereocenters. The van der Waals surface area contributed by atoms with Crippen LogP contribution in [0.15, 0.2) is 107 Å². The predicted molar refractivity (Wildman–Crippen MR) is 198 cm³/mol. The first kappa shape index (κ1) is 28.9. The number of aromatic nitrogens is 1. The zero-order chi connectivity index (χ0) is 44.7. The number of para-hydroxylation sites is 1. The van der Waals surface area contributed by atoms with Crippen LogP contribution in [0.25, 0.3) is 22.0 Å². The Bertz CT molecular complexity index is 2440. The Morgan fingerprint density at radius 2 is 1.68 bits per heavy atom. The number of halogens is 5. The van der Waals surface area contributed by atoms with Crippen LogP contribution < -0.4 is 5.43 Å². The second-order valence-corrected chi connectivity index (χ2v) is 13.4. The monoisotopic (exact) mass is 757 g/mol. The molecule has 1 saturated heterocycles. The first-order valence-electron chi connectivity index (χ1n) is 20.6. The zero-order valence-corrected chi connectivity index (χ0v) is 29.2. The van der Waals surface area contributed by atoms with Gasteiger partial charge in [0.15, 0.2) is 17.1 Å². The molecule has 0 aliphatic carbocycles. The Morgan fingerprint density at radius 1 is 1.00 bits per heavy atom. The molecular formula is C41H40F5N3O3S. The van der Waals surface area contributed by atoms with E-state index in [0.29, 0.717) is 11.1 Å². The van der Waals surface area contributed by atoms with Crippen molar-refractivity contribution in [2.45, 2.75) is 55.3 Å². The fraction of sp³-hybridized carbons (Fsp3) is 0.317. The number of rotatable bonds is 12. The van der Waals surface area contributed by atoms with E-state index in [-0.39, 0.29) is 58.7 Å². The molecule has 2 heterocycles. The Morgan fingerprint density at radius 3 is 2.36 bits per heavy atom. The van der Waals surface area contributed by atoms with Gasteiger partial charge in [0, 0.05) is 58.2 Å². The maximum absolute atomic E-state index is 15.2. The summed E-state index contributed by atoms with van der Waals surface area (Å²) < 4.78 is 142. The van der Waals surface area contributed by atoms with Crippen LogP contribution in [0, 0.1) is 11.6 Å². The molecule has 1 aromatic heterocycles. The summed E-state index contributed by atoms with van der Waals surface area (Å²) >= 11 is 0.794. The quantitative estimate of drug-likeness (QED) is 0.0940. The lowest BCUT2D eigenvalue weighted by Crippen LogP contribution is -2.49. The van der Waals surface area contributed by atoms with Gasteiger partial charge in [-0.3, -0.25) is 9.59 Å². The number of methoxy groups -OCH3 is 1. The van der Waals surface area contributed by atoms with Crippen molar-refractivity contribution in [1.82, 2.24) is 14.4 Å². The van der Waals surface area contributed by atoms with E-state index in [2.05, 4.69) is 0 Å². The maximum atomic E-state index is 15.2. The van der Waals surface area contributed by atoms with Crippen molar-refractivity contribution < 1.29 is 42.4 Å². The highest BCUT2D eigenvalue weighted by atomic mass is 32.2. The number of benzene rings is 4. The summed E-state index contributed by atoms with van der Waals surface area (Å²) in [6.45, 7) is -4.85. The summed E-state index contributed by atoms with van der Waals surface area (Å²) in [5.74, 6) is -3.73. The molecule has 1 aliphatic heterocycles. The number of fused-ring (bicyclic) bond motifs is 1. The molecule has 1 amide bonds. The number of likely N-dealkylation sites (tertiary alicyclic amines) is 1. The van der Waals surface area contributed by atoms with Crippen molar-refractivity contribution >= 4 is 28.6 Å². The standard InChI is InChI=1S/C41H40F5N3O3S/c1-27(28-10-12-29(13-11-28)30-14-16-32(17-15-30)41(44,45)46)49(33-18-20-47(21-19-33)22-23-52-2)38(51)25-48-36-9-4-3-7-34(36)37(50)24-39(48)53-26-31-6-5-8-35(42)40(31)43/h3-17,24,27,33H,18-23,25-26H2,1-2H3/i2D3,22D2,25D2,27D. The highest BCUT2D eigenvalue weighted by Crippen LogP contribution is 2.34. The minimum absolute atomic E-state index is 0.000337. The number of pyridine rings is 1. The van der Waals surface area contributed by atoms with Crippen LogP contribution in [0.3, 0.4) is 0 Å². The van der Waals surface area contributed by atoms with Crippen molar-refractivity contribution in [1.29, 1.82) is 0 Å². The minimum atomic E-state index is -4.54. The van der Waals surface area contributed by atoms with E-state index in [1.54, 1.807) is 18.2 Å². The Hall–Kier alpha value is -4.52. The van der Waals surface area contributed by atoms with Crippen LogP contribution >= 0.6 is 11.8 Å². The molecule has 0 N–H and O–H groups in total. The summed E-state index contributed by atoms with van der Waals surface area (Å²) in [7, 11) is -2.86. The highest BCUT2D eigenvalue weighted by molar-refractivity contribution is 7.98. The first-order valence-corrected chi connectivity index (χ1v) is 17.6. The Kier molecular flexibility index (Phi) is 9.09. The van der Waals surface area contributed by atoms with Gasteiger partial charge in [-0.1, -0.05) is 60.7 Å². The van der Waals surface area contributed by atoms with Crippen LogP contribution in [0.1, 0.15) is 53.4 Å². The van der Waals surface area contributed by atoms with Gasteiger partial charge in [0.05, 0.1) is 37.0 Å². The third kappa shape index (κ3) is 8.83. The number of nitrogens with zero attached hydrogens (tertiary/aromatic N) is 3. The second kappa shape index (κ2) is 16.7. The number of carbonyl (C=O) groups excluding carboxylic acids is 1. The van der Waals surface area contributed by atoms with E-state index < -0.39 is 73.4 Å². The van der Waals surface area contributed by atoms with E-state index in [1.807, 2.05) is 0 Å². The molecule has 0 spiro atoms. The molecule has 0 bridgehead atoms. The average Bonchev–Trinajstić information content (AvgIpc) is 3.20. The molecule has 12 heteroatoms. The molecular weight excluding hydrogens is 710 g/mol. The van der Waals surface area contributed by atoms with Crippen LogP contribution in [0.5, 0.6) is 0 Å². The van der Waals surface area contributed by atoms with Crippen molar-refractivity contribution in [3.63, 3.8) is 0 Å². The Balaban J connectivity index is 1.41. The Labute approximate surface area is 320 Å². The molecule has 0 saturated carbocycles. The fourth-order valence-corrected chi connectivity index (χ4v) is 7.31. The van der Waals surface area contributed by atoms with Crippen LogP contribution in [-0.2, 0) is 28.0 Å². The van der Waals surface area contributed by atoms with Crippen LogP contribution in [0.4, 0.5) is 22.0 Å². The molecule has 53 heavy (non-hydrogen) atoms. The van der Waals surface area contributed by atoms with E-state index in [4.69, 9.17) is 11.6 Å². The normalized spacial score (nSPS) is 18.4. The van der Waals surface area contributed by atoms with Gasteiger partial charge in [0.25, 0.3) is 0 Å². The lowest BCUT2D eigenvalue weighted by atomic mass is 9.96. The molecule has 4 aromatic carbocycles. The topological polar surface area (TPSA) is 54.8 Å². The van der Waals surface area contributed by atoms with Crippen molar-refractivity contribution in [3.05, 3.63) is 136 Å². The van der Waals surface area contributed by atoms with Crippen LogP contribution in [-0.4, -0.2) is 59.5 Å². The summed E-state index contributed by atoms with van der Waals surface area (Å²) in [5.41, 5.74) is -0.327. The largest absolute Gasteiger partial charge is 0.416 e. The van der Waals surface area contributed by atoms with E-state index in [9.17, 15) is 30.9 Å². The van der Waals surface area contributed by atoms with Crippen molar-refractivity contribution in [2.24, 2.45) is 0 Å². The first-order chi connectivity index (χ1) is 28.4. The number of alkyl halides is 3. The second-order valence-electron chi connectivity index (χ2n) is 12.4. The third-order valence-corrected chi connectivity index (χ3v) is 10.2. The van der Waals surface area contributed by atoms with Gasteiger partial charge in [0.2, 0.25) is 5.91 Å². The van der Waals surface area contributed by atoms with Crippen molar-refractivity contribution in [3.8, 4) is 11.1 Å². The number of carbonyl (C=O) groups is 1. The molecule has 278 valence electrons. The van der Waals surface area contributed by atoms with Gasteiger partial charge in [-0.05, 0) is 66.8 Å². The maximum Gasteiger partial charge on any atom is 0.416 e. The number of piperidine rings is 1. The fourth-order valence-electron chi connectivity index (χ4n) is 6.33.